The van der Waals surface area contributed by atoms with Gasteiger partial charge in [-0.15, -0.1) is 0 Å². The van der Waals surface area contributed by atoms with E-state index in [2.05, 4.69) is 23.8 Å². The molecule has 0 fully saturated rings. The Labute approximate surface area is 134 Å². The lowest BCUT2D eigenvalue weighted by molar-refractivity contribution is 0.803. The van der Waals surface area contributed by atoms with Crippen LogP contribution in [0.25, 0.3) is 0 Å². The fourth-order valence-corrected chi connectivity index (χ4v) is 3.24. The van der Waals surface area contributed by atoms with Crippen molar-refractivity contribution in [3.05, 3.63) is 55.5 Å². The standard InChI is InChI=1S/C15H16Cl2N2S/c1-8(2)14-9(3)18-13(19-15(14)20)6-10-4-5-11(16)7-12(10)17/h4-5,7-8H,6H2,1-3H3,(H,18,19,20). The van der Waals surface area contributed by atoms with Crippen LogP contribution in [0.1, 0.15) is 42.4 Å². The monoisotopic (exact) mass is 326 g/mol. The molecule has 106 valence electrons. The number of hydrogen-bond acceptors (Lipinski definition) is 2. The summed E-state index contributed by atoms with van der Waals surface area (Å²) in [6.07, 6.45) is 0.610. The van der Waals surface area contributed by atoms with Gasteiger partial charge in [0.2, 0.25) is 0 Å². The lowest BCUT2D eigenvalue weighted by atomic mass is 10.0. The second kappa shape index (κ2) is 6.25. The first kappa shape index (κ1) is 15.5. The predicted molar refractivity (Wildman–Crippen MR) is 87.5 cm³/mol. The van der Waals surface area contributed by atoms with Gasteiger partial charge in [-0.05, 0) is 30.5 Å². The van der Waals surface area contributed by atoms with Gasteiger partial charge in [-0.25, -0.2) is 4.98 Å². The molecule has 0 aliphatic heterocycles. The van der Waals surface area contributed by atoms with Gasteiger partial charge in [-0.3, -0.25) is 0 Å². The SMILES string of the molecule is Cc1[nH]c(Cc2ccc(Cl)cc2Cl)nc(=S)c1C(C)C. The van der Waals surface area contributed by atoms with Crippen molar-refractivity contribution >= 4 is 35.4 Å². The average molecular weight is 327 g/mol. The third-order valence-corrected chi connectivity index (χ3v) is 4.05. The molecular weight excluding hydrogens is 311 g/mol. The van der Waals surface area contributed by atoms with Crippen LogP contribution < -0.4 is 0 Å². The molecule has 0 unspecified atom stereocenters. The second-order valence-corrected chi connectivity index (χ2v) is 6.32. The molecule has 1 aromatic heterocycles. The normalized spacial score (nSPS) is 11.1. The summed E-state index contributed by atoms with van der Waals surface area (Å²) in [5, 5.41) is 1.27. The highest BCUT2D eigenvalue weighted by molar-refractivity contribution is 7.71. The van der Waals surface area contributed by atoms with E-state index in [1.807, 2.05) is 19.1 Å². The van der Waals surface area contributed by atoms with Crippen LogP contribution in [0.5, 0.6) is 0 Å². The molecule has 0 atom stereocenters. The first-order chi connectivity index (χ1) is 9.38. The maximum Gasteiger partial charge on any atom is 0.133 e. The smallest absolute Gasteiger partial charge is 0.133 e. The molecule has 0 bridgehead atoms. The van der Waals surface area contributed by atoms with E-state index in [0.29, 0.717) is 27.0 Å². The Hall–Kier alpha value is -0.900. The van der Waals surface area contributed by atoms with E-state index < -0.39 is 0 Å². The zero-order valence-electron chi connectivity index (χ0n) is 11.6. The summed E-state index contributed by atoms with van der Waals surface area (Å²) in [5.74, 6) is 1.18. The maximum absolute atomic E-state index is 6.19. The van der Waals surface area contributed by atoms with Gasteiger partial charge in [-0.2, -0.15) is 0 Å². The molecule has 1 N–H and O–H groups in total. The number of benzene rings is 1. The van der Waals surface area contributed by atoms with E-state index >= 15 is 0 Å². The molecule has 0 saturated heterocycles. The quantitative estimate of drug-likeness (QED) is 0.757. The first-order valence-electron chi connectivity index (χ1n) is 6.42. The Morgan fingerprint density at radius 3 is 2.55 bits per heavy atom. The molecule has 0 spiro atoms. The van der Waals surface area contributed by atoms with Crippen LogP contribution in [0, 0.1) is 11.6 Å². The van der Waals surface area contributed by atoms with Crippen LogP contribution in [0.4, 0.5) is 0 Å². The summed E-state index contributed by atoms with van der Waals surface area (Å²) in [4.78, 5) is 7.80. The predicted octanol–water partition coefficient (Wildman–Crippen LogP) is 5.47. The third kappa shape index (κ3) is 3.40. The highest BCUT2D eigenvalue weighted by Gasteiger charge is 2.10. The minimum atomic E-state index is 0.361. The molecule has 1 heterocycles. The Kier molecular flexibility index (Phi) is 4.84. The highest BCUT2D eigenvalue weighted by Crippen LogP contribution is 2.24. The van der Waals surface area contributed by atoms with Crippen molar-refractivity contribution in [2.75, 3.05) is 0 Å². The molecule has 20 heavy (non-hydrogen) atoms. The van der Waals surface area contributed by atoms with E-state index in [9.17, 15) is 0 Å². The third-order valence-electron chi connectivity index (χ3n) is 3.15. The number of nitrogens with one attached hydrogen (secondary N) is 1. The number of nitrogens with zero attached hydrogens (tertiary/aromatic N) is 1. The van der Waals surface area contributed by atoms with E-state index in [1.54, 1.807) is 6.07 Å². The first-order valence-corrected chi connectivity index (χ1v) is 7.58. The molecule has 0 aliphatic rings. The molecule has 0 aliphatic carbocycles. The zero-order chi connectivity index (χ0) is 14.9. The Morgan fingerprint density at radius 1 is 1.30 bits per heavy atom. The number of hydrogen-bond donors (Lipinski definition) is 1. The summed E-state index contributed by atoms with van der Waals surface area (Å²) in [6.45, 7) is 6.26. The lowest BCUT2D eigenvalue weighted by Crippen LogP contribution is -2.05. The number of H-pyrrole nitrogens is 1. The molecular formula is C15H16Cl2N2S. The van der Waals surface area contributed by atoms with E-state index in [-0.39, 0.29) is 0 Å². The maximum atomic E-state index is 6.19. The summed E-state index contributed by atoms with van der Waals surface area (Å²) >= 11 is 17.5. The topological polar surface area (TPSA) is 28.7 Å². The number of aromatic amines is 1. The van der Waals surface area contributed by atoms with Crippen molar-refractivity contribution in [1.82, 2.24) is 9.97 Å². The summed E-state index contributed by atoms with van der Waals surface area (Å²) in [7, 11) is 0. The average Bonchev–Trinajstić information content (AvgIpc) is 2.31. The van der Waals surface area contributed by atoms with Crippen LogP contribution in [0.3, 0.4) is 0 Å². The number of aromatic nitrogens is 2. The van der Waals surface area contributed by atoms with Crippen LogP contribution in [0.2, 0.25) is 10.0 Å². The van der Waals surface area contributed by atoms with Crippen LogP contribution in [-0.2, 0) is 6.42 Å². The van der Waals surface area contributed by atoms with Crippen molar-refractivity contribution < 1.29 is 0 Å². The zero-order valence-corrected chi connectivity index (χ0v) is 14.0. The van der Waals surface area contributed by atoms with E-state index in [1.165, 1.54) is 0 Å². The van der Waals surface area contributed by atoms with Gasteiger partial charge >= 0.3 is 0 Å². The van der Waals surface area contributed by atoms with Gasteiger partial charge in [0.05, 0.1) is 0 Å². The number of rotatable bonds is 3. The van der Waals surface area contributed by atoms with Crippen LogP contribution in [-0.4, -0.2) is 9.97 Å². The Balaban J connectivity index is 2.38. The highest BCUT2D eigenvalue weighted by atomic mass is 35.5. The molecule has 2 nitrogen and oxygen atoms in total. The minimum absolute atomic E-state index is 0.361. The fourth-order valence-electron chi connectivity index (χ4n) is 2.26. The molecule has 1 aromatic carbocycles. The number of halogens is 2. The van der Waals surface area contributed by atoms with Crippen LogP contribution in [0.15, 0.2) is 18.2 Å². The minimum Gasteiger partial charge on any atom is -0.347 e. The largest absolute Gasteiger partial charge is 0.347 e. The van der Waals surface area contributed by atoms with Crippen LogP contribution >= 0.6 is 35.4 Å². The Bertz CT molecular complexity index is 693. The van der Waals surface area contributed by atoms with Gasteiger partial charge in [0.1, 0.15) is 10.5 Å². The molecule has 2 rings (SSSR count). The Morgan fingerprint density at radius 2 is 2.00 bits per heavy atom. The van der Waals surface area contributed by atoms with Crippen molar-refractivity contribution in [2.24, 2.45) is 0 Å². The van der Waals surface area contributed by atoms with Gasteiger partial charge in [0, 0.05) is 27.7 Å². The van der Waals surface area contributed by atoms with Gasteiger partial charge < -0.3 is 4.98 Å². The van der Waals surface area contributed by atoms with Crippen molar-refractivity contribution in [3.63, 3.8) is 0 Å². The van der Waals surface area contributed by atoms with Gasteiger partial charge in [0.25, 0.3) is 0 Å². The molecule has 0 saturated carbocycles. The van der Waals surface area contributed by atoms with Gasteiger partial charge in [0.15, 0.2) is 0 Å². The molecule has 5 heteroatoms. The van der Waals surface area contributed by atoms with Crippen molar-refractivity contribution in [3.8, 4) is 0 Å². The lowest BCUT2D eigenvalue weighted by Gasteiger charge is -2.12. The molecule has 0 amide bonds. The summed E-state index contributed by atoms with van der Waals surface area (Å²) in [5.41, 5.74) is 3.15. The van der Waals surface area contributed by atoms with E-state index in [4.69, 9.17) is 35.4 Å². The van der Waals surface area contributed by atoms with Crippen molar-refractivity contribution in [1.29, 1.82) is 0 Å². The van der Waals surface area contributed by atoms with Gasteiger partial charge in [-0.1, -0.05) is 55.3 Å². The number of aryl methyl sites for hydroxylation is 1. The summed E-state index contributed by atoms with van der Waals surface area (Å²) in [6, 6.07) is 5.48. The second-order valence-electron chi connectivity index (χ2n) is 5.09. The summed E-state index contributed by atoms with van der Waals surface area (Å²) < 4.78 is 0.663. The molecule has 0 radical (unpaired) electrons. The fraction of sp³-hybridized carbons (Fsp3) is 0.333. The molecule has 2 aromatic rings. The van der Waals surface area contributed by atoms with Crippen molar-refractivity contribution in [2.45, 2.75) is 33.1 Å². The van der Waals surface area contributed by atoms with E-state index in [0.717, 1.165) is 22.6 Å².